The summed E-state index contributed by atoms with van der Waals surface area (Å²) in [5.41, 5.74) is 6.04. The molecule has 1 amide bonds. The zero-order chi connectivity index (χ0) is 27.4. The molecule has 2 aliphatic heterocycles. The Morgan fingerprint density at radius 1 is 1.18 bits per heavy atom. The Kier molecular flexibility index (Phi) is 6.89. The summed E-state index contributed by atoms with van der Waals surface area (Å²) < 4.78 is 38.6. The van der Waals surface area contributed by atoms with E-state index in [0.717, 1.165) is 0 Å². The van der Waals surface area contributed by atoms with Crippen molar-refractivity contribution >= 4 is 16.7 Å². The summed E-state index contributed by atoms with van der Waals surface area (Å²) in [5, 5.41) is 4.26. The number of piperidine rings is 1. The highest BCUT2D eigenvalue weighted by Gasteiger charge is 2.37. The number of nitrogens with zero attached hydrogens (tertiary/aromatic N) is 6. The molecule has 3 aromatic rings. The molecule has 1 unspecified atom stereocenters. The average molecular weight is 544 g/mol. The van der Waals surface area contributed by atoms with Gasteiger partial charge >= 0.3 is 0 Å². The van der Waals surface area contributed by atoms with Gasteiger partial charge in [-0.15, -0.1) is 0 Å². The summed E-state index contributed by atoms with van der Waals surface area (Å²) >= 11 is 0. The summed E-state index contributed by atoms with van der Waals surface area (Å²) in [5.74, 6) is 1.35. The lowest BCUT2D eigenvalue weighted by atomic mass is 9.98. The fourth-order valence-electron chi connectivity index (χ4n) is 5.08. The Bertz CT molecular complexity index is 1410. The number of hydrogen-bond donors (Lipinski definition) is 1. The molecule has 0 aliphatic carbocycles. The van der Waals surface area contributed by atoms with E-state index in [1.54, 1.807) is 19.9 Å². The predicted octanol–water partition coefficient (Wildman–Crippen LogP) is 3.07. The zero-order valence-electron chi connectivity index (χ0n) is 22.4. The Balaban J connectivity index is 1.46. The van der Waals surface area contributed by atoms with Gasteiger partial charge in [0.1, 0.15) is 35.5 Å². The molecule has 2 aliphatic rings. The molecule has 12 heteroatoms. The second-order valence-corrected chi connectivity index (χ2v) is 12.4. The number of fused-ring (bicyclic) bond motifs is 3. The lowest BCUT2D eigenvalue weighted by molar-refractivity contribution is -0.128. The molecule has 5 rings (SSSR count). The number of rotatable bonds is 6. The lowest BCUT2D eigenvalue weighted by Crippen LogP contribution is -2.56. The number of imidazole rings is 1. The zero-order valence-corrected chi connectivity index (χ0v) is 23.2. The lowest BCUT2D eigenvalue weighted by Gasteiger charge is -2.40. The fraction of sp³-hybridized carbons (Fsp3) is 0.538. The quantitative estimate of drug-likeness (QED) is 0.507. The maximum atomic E-state index is 15.3. The fourth-order valence-corrected chi connectivity index (χ4v) is 6.56. The van der Waals surface area contributed by atoms with Crippen LogP contribution in [0.4, 0.5) is 4.39 Å². The van der Waals surface area contributed by atoms with E-state index < -0.39 is 28.1 Å². The highest BCUT2D eigenvalue weighted by molar-refractivity contribution is 7.85. The Labute approximate surface area is 223 Å². The van der Waals surface area contributed by atoms with Crippen molar-refractivity contribution in [2.24, 2.45) is 5.73 Å². The summed E-state index contributed by atoms with van der Waals surface area (Å²) in [4.78, 5) is 23.4. The van der Waals surface area contributed by atoms with Gasteiger partial charge in [-0.2, -0.15) is 5.10 Å². The maximum absolute atomic E-state index is 15.3. The first kappa shape index (κ1) is 26.5. The first-order chi connectivity index (χ1) is 18.0. The van der Waals surface area contributed by atoms with Gasteiger partial charge in [-0.05, 0) is 53.5 Å². The van der Waals surface area contributed by atoms with Crippen LogP contribution in [0.25, 0.3) is 22.9 Å². The van der Waals surface area contributed by atoms with E-state index in [2.05, 4.69) is 10.1 Å². The minimum absolute atomic E-state index is 0.103. The largest absolute Gasteiger partial charge is 0.491 e. The molecule has 1 atom stereocenters. The van der Waals surface area contributed by atoms with Crippen LogP contribution < -0.4 is 10.5 Å². The van der Waals surface area contributed by atoms with Gasteiger partial charge in [-0.3, -0.25) is 13.9 Å². The molecule has 1 aromatic carbocycles. The van der Waals surface area contributed by atoms with E-state index in [1.165, 1.54) is 6.07 Å². The number of carbonyl (C=O) groups is 1. The number of carbonyl (C=O) groups excluding carboxylic acids is 1. The van der Waals surface area contributed by atoms with Crippen molar-refractivity contribution in [2.45, 2.75) is 75.7 Å². The van der Waals surface area contributed by atoms with Gasteiger partial charge in [-0.25, -0.2) is 19.0 Å². The maximum Gasteiger partial charge on any atom is 0.237 e. The van der Waals surface area contributed by atoms with Crippen LogP contribution in [0.1, 0.15) is 52.4 Å². The summed E-state index contributed by atoms with van der Waals surface area (Å²) in [6.45, 7) is 11.5. The highest BCUT2D eigenvalue weighted by atomic mass is 32.2. The highest BCUT2D eigenvalue weighted by Crippen LogP contribution is 2.38. The number of aryl methyl sites for hydroxylation is 1. The second-order valence-electron chi connectivity index (χ2n) is 10.7. The van der Waals surface area contributed by atoms with E-state index in [1.807, 2.05) is 41.1 Å². The molecule has 204 valence electrons. The van der Waals surface area contributed by atoms with Gasteiger partial charge in [0.2, 0.25) is 5.91 Å². The van der Waals surface area contributed by atoms with Gasteiger partial charge in [0.05, 0.1) is 33.3 Å². The molecule has 0 saturated carbocycles. The minimum atomic E-state index is -1.59. The molecule has 2 N–H and O–H groups in total. The number of likely N-dealkylation sites (tertiary alicyclic amines) is 1. The van der Waals surface area contributed by atoms with Gasteiger partial charge in [0, 0.05) is 36.6 Å². The number of primary amides is 1. The van der Waals surface area contributed by atoms with Gasteiger partial charge in [0.15, 0.2) is 5.82 Å². The molecular formula is C26H34FN7O3S. The third-order valence-electron chi connectivity index (χ3n) is 7.45. The van der Waals surface area contributed by atoms with Crippen LogP contribution in [-0.4, -0.2) is 69.8 Å². The standard InChI is InChI=1S/C26H34FN7O3S/c1-15(2)34-24(29-16(3)31-34)20-14-32-10-11-37-21-13-19(27)22(12-18(21)23(32)30-20)38(36)17-6-8-33(9-7-17)26(4,5)25(28)35/h12-15,17H,6-11H2,1-5H3,(H2,28,35). The molecule has 1 saturated heterocycles. The van der Waals surface area contributed by atoms with Crippen molar-refractivity contribution < 1.29 is 18.1 Å². The van der Waals surface area contributed by atoms with Crippen molar-refractivity contribution in [2.75, 3.05) is 19.7 Å². The summed E-state index contributed by atoms with van der Waals surface area (Å²) in [6.07, 6.45) is 3.05. The van der Waals surface area contributed by atoms with Crippen LogP contribution in [0.2, 0.25) is 0 Å². The number of benzene rings is 1. The normalized spacial score (nSPS) is 17.6. The van der Waals surface area contributed by atoms with Crippen LogP contribution in [0, 0.1) is 12.7 Å². The van der Waals surface area contributed by atoms with Crippen molar-refractivity contribution in [3.8, 4) is 28.7 Å². The van der Waals surface area contributed by atoms with Crippen molar-refractivity contribution in [3.05, 3.63) is 30.0 Å². The third-order valence-corrected chi connectivity index (χ3v) is 9.27. The minimum Gasteiger partial charge on any atom is -0.491 e. The van der Waals surface area contributed by atoms with Crippen LogP contribution >= 0.6 is 0 Å². The molecule has 38 heavy (non-hydrogen) atoms. The first-order valence-electron chi connectivity index (χ1n) is 12.9. The third kappa shape index (κ3) is 4.64. The van der Waals surface area contributed by atoms with Crippen molar-refractivity contribution in [3.63, 3.8) is 0 Å². The summed E-state index contributed by atoms with van der Waals surface area (Å²) in [7, 11) is -1.59. The molecule has 10 nitrogen and oxygen atoms in total. The summed E-state index contributed by atoms with van der Waals surface area (Å²) in [6, 6.07) is 3.04. The number of nitrogens with two attached hydrogens (primary N) is 1. The van der Waals surface area contributed by atoms with E-state index in [9.17, 15) is 9.00 Å². The molecule has 0 bridgehead atoms. The molecule has 1 fully saturated rings. The van der Waals surface area contributed by atoms with E-state index in [0.29, 0.717) is 73.6 Å². The molecule has 0 radical (unpaired) electrons. The number of ether oxygens (including phenoxy) is 1. The Hall–Kier alpha value is -3.12. The number of halogens is 1. The van der Waals surface area contributed by atoms with Gasteiger partial charge in [0.25, 0.3) is 0 Å². The Morgan fingerprint density at radius 3 is 2.55 bits per heavy atom. The number of hydrogen-bond acceptors (Lipinski definition) is 7. The topological polar surface area (TPSA) is 121 Å². The predicted molar refractivity (Wildman–Crippen MR) is 142 cm³/mol. The van der Waals surface area contributed by atoms with Crippen molar-refractivity contribution in [1.82, 2.24) is 29.2 Å². The molecular weight excluding hydrogens is 509 g/mol. The SMILES string of the molecule is Cc1nc(-c2cn3c(n2)-c2cc(S(=O)C4CCN(C(C)(C)C(N)=O)CC4)c(F)cc2OCC3)n(C(C)C)n1. The molecule has 4 heterocycles. The average Bonchev–Trinajstić information content (AvgIpc) is 3.43. The molecule has 0 spiro atoms. The van der Waals surface area contributed by atoms with E-state index >= 15 is 4.39 Å². The van der Waals surface area contributed by atoms with Crippen LogP contribution in [0.3, 0.4) is 0 Å². The van der Waals surface area contributed by atoms with Crippen LogP contribution in [0.5, 0.6) is 5.75 Å². The smallest absolute Gasteiger partial charge is 0.237 e. The van der Waals surface area contributed by atoms with E-state index in [4.69, 9.17) is 15.5 Å². The Morgan fingerprint density at radius 2 is 1.89 bits per heavy atom. The van der Waals surface area contributed by atoms with Crippen LogP contribution in [-0.2, 0) is 22.1 Å². The van der Waals surface area contributed by atoms with Gasteiger partial charge in [-0.1, -0.05) is 0 Å². The van der Waals surface area contributed by atoms with Crippen molar-refractivity contribution in [1.29, 1.82) is 0 Å². The van der Waals surface area contributed by atoms with E-state index in [-0.39, 0.29) is 16.2 Å². The number of amides is 1. The van der Waals surface area contributed by atoms with Gasteiger partial charge < -0.3 is 15.0 Å². The second kappa shape index (κ2) is 9.88. The molecule has 2 aromatic heterocycles. The first-order valence-corrected chi connectivity index (χ1v) is 14.1. The number of aromatic nitrogens is 5. The monoisotopic (exact) mass is 543 g/mol. The van der Waals surface area contributed by atoms with Crippen LogP contribution in [0.15, 0.2) is 23.2 Å².